The highest BCUT2D eigenvalue weighted by molar-refractivity contribution is 5.77. The molecular weight excluding hydrogens is 266 g/mol. The quantitative estimate of drug-likeness (QED) is 0.549. The number of carbonyl (C=O) groups is 1. The fraction of sp³-hybridized carbons (Fsp3) is 0.0625. The summed E-state index contributed by atoms with van der Waals surface area (Å²) in [5.74, 6) is -0.329. The van der Waals surface area contributed by atoms with Crippen molar-refractivity contribution in [1.29, 1.82) is 0 Å². The maximum Gasteiger partial charge on any atom is 0.307 e. The summed E-state index contributed by atoms with van der Waals surface area (Å²) >= 11 is 0. The smallest absolute Gasteiger partial charge is 0.307 e. The molecule has 0 aliphatic rings. The Labute approximate surface area is 123 Å². The second-order valence-corrected chi connectivity index (χ2v) is 3.73. The molecule has 0 amide bonds. The van der Waals surface area contributed by atoms with Gasteiger partial charge in [-0.3, -0.25) is 9.78 Å². The second-order valence-electron chi connectivity index (χ2n) is 3.73. The first-order valence-electron chi connectivity index (χ1n) is 6.24. The number of imidazole rings is 1. The molecule has 0 saturated carbocycles. The van der Waals surface area contributed by atoms with Crippen LogP contribution >= 0.6 is 0 Å². The van der Waals surface area contributed by atoms with Gasteiger partial charge < -0.3 is 9.72 Å². The van der Waals surface area contributed by atoms with E-state index in [1.165, 1.54) is 12.3 Å². The van der Waals surface area contributed by atoms with Crippen molar-refractivity contribution in [2.24, 2.45) is 0 Å². The number of hydrogen-bond donors (Lipinski definition) is 1. The minimum Gasteiger partial charge on any atom is -0.435 e. The summed E-state index contributed by atoms with van der Waals surface area (Å²) in [7, 11) is 0. The lowest BCUT2D eigenvalue weighted by molar-refractivity contribution is -0.135. The van der Waals surface area contributed by atoms with Gasteiger partial charge in [0.1, 0.15) is 0 Å². The number of para-hydroxylation sites is 1. The Kier molecular flexibility index (Phi) is 7.60. The molecule has 0 saturated heterocycles. The van der Waals surface area contributed by atoms with Crippen LogP contribution in [0.15, 0.2) is 74.2 Å². The summed E-state index contributed by atoms with van der Waals surface area (Å²) < 4.78 is 4.17. The van der Waals surface area contributed by atoms with Crippen LogP contribution in [0.3, 0.4) is 0 Å². The molecule has 0 spiro atoms. The zero-order valence-corrected chi connectivity index (χ0v) is 11.8. The number of pyridine rings is 1. The number of carbonyl (C=O) groups excluding carboxylic acids is 1. The van der Waals surface area contributed by atoms with E-state index in [-0.39, 0.29) is 5.97 Å². The van der Waals surface area contributed by atoms with Gasteiger partial charge in [0.25, 0.3) is 0 Å². The number of H-pyrrole nitrogens is 1. The average molecular weight is 283 g/mol. The summed E-state index contributed by atoms with van der Waals surface area (Å²) in [4.78, 5) is 20.3. The van der Waals surface area contributed by atoms with Gasteiger partial charge in [-0.25, -0.2) is 4.98 Å². The molecule has 0 aliphatic carbocycles. The van der Waals surface area contributed by atoms with Gasteiger partial charge in [-0.15, -0.1) is 0 Å². The SMILES string of the molecule is C=COC(C)=O.c1c[nH]cn1.c1ccc2ncccc2c1. The number of nitrogens with one attached hydrogen (secondary N) is 1. The van der Waals surface area contributed by atoms with Gasteiger partial charge in [0, 0.05) is 30.9 Å². The predicted octanol–water partition coefficient (Wildman–Crippen LogP) is 3.34. The third-order valence-corrected chi connectivity index (χ3v) is 2.17. The average Bonchev–Trinajstić information content (AvgIpc) is 3.07. The molecule has 0 atom stereocenters. The molecular formula is C16H17N3O2. The van der Waals surface area contributed by atoms with Gasteiger partial charge in [-0.2, -0.15) is 0 Å². The third kappa shape index (κ3) is 7.27. The maximum atomic E-state index is 9.75. The highest BCUT2D eigenvalue weighted by Crippen LogP contribution is 2.07. The molecule has 0 fully saturated rings. The summed E-state index contributed by atoms with van der Waals surface area (Å²) in [6, 6.07) is 12.1. The summed E-state index contributed by atoms with van der Waals surface area (Å²) in [5, 5.41) is 1.20. The molecule has 1 N–H and O–H groups in total. The second kappa shape index (κ2) is 9.91. The standard InChI is InChI=1S/C9H7N.C4H6O2.C3H4N2/c1-2-6-9-8(4-1)5-3-7-10-9;1-3-6-4(2)5;1-2-5-3-4-1/h1-7H;3H,1H2,2H3;1-3H,(H,4,5). The number of hydrogen-bond acceptors (Lipinski definition) is 4. The molecule has 21 heavy (non-hydrogen) atoms. The number of ether oxygens (including phenoxy) is 1. The molecule has 3 rings (SSSR count). The van der Waals surface area contributed by atoms with Crippen LogP contribution in [0.5, 0.6) is 0 Å². The lowest BCUT2D eigenvalue weighted by atomic mass is 10.2. The zero-order chi connectivity index (χ0) is 15.3. The largest absolute Gasteiger partial charge is 0.435 e. The Hall–Kier alpha value is -2.95. The van der Waals surface area contributed by atoms with Crippen LogP contribution in [0.1, 0.15) is 6.92 Å². The minimum absolute atomic E-state index is 0.329. The van der Waals surface area contributed by atoms with Crippen molar-refractivity contribution < 1.29 is 9.53 Å². The van der Waals surface area contributed by atoms with E-state index < -0.39 is 0 Å². The van der Waals surface area contributed by atoms with Crippen molar-refractivity contribution in [2.45, 2.75) is 6.92 Å². The van der Waals surface area contributed by atoms with E-state index in [0.29, 0.717) is 0 Å². The van der Waals surface area contributed by atoms with Gasteiger partial charge in [-0.1, -0.05) is 30.8 Å². The van der Waals surface area contributed by atoms with Crippen LogP contribution in [0, 0.1) is 0 Å². The fourth-order valence-corrected chi connectivity index (χ4v) is 1.35. The molecule has 0 aliphatic heterocycles. The number of esters is 1. The van der Waals surface area contributed by atoms with E-state index in [4.69, 9.17) is 0 Å². The molecule has 5 nitrogen and oxygen atoms in total. The number of aromatic amines is 1. The molecule has 0 radical (unpaired) electrons. The maximum absolute atomic E-state index is 9.75. The molecule has 5 heteroatoms. The van der Waals surface area contributed by atoms with Gasteiger partial charge in [-0.05, 0) is 12.1 Å². The monoisotopic (exact) mass is 283 g/mol. The Morgan fingerprint density at radius 2 is 2.00 bits per heavy atom. The third-order valence-electron chi connectivity index (χ3n) is 2.17. The molecule has 3 aromatic rings. The van der Waals surface area contributed by atoms with Crippen molar-refractivity contribution >= 4 is 16.9 Å². The number of fused-ring (bicyclic) bond motifs is 1. The highest BCUT2D eigenvalue weighted by Gasteiger charge is 1.86. The van der Waals surface area contributed by atoms with E-state index in [2.05, 4.69) is 38.4 Å². The van der Waals surface area contributed by atoms with E-state index in [1.807, 2.05) is 30.5 Å². The molecule has 108 valence electrons. The van der Waals surface area contributed by atoms with Crippen molar-refractivity contribution in [3.05, 3.63) is 74.2 Å². The Morgan fingerprint density at radius 3 is 2.48 bits per heavy atom. The van der Waals surface area contributed by atoms with Crippen molar-refractivity contribution in [2.75, 3.05) is 0 Å². The molecule has 2 heterocycles. The summed E-state index contributed by atoms with van der Waals surface area (Å²) in [5.41, 5.74) is 1.06. The van der Waals surface area contributed by atoms with Crippen LogP contribution in [0.2, 0.25) is 0 Å². The van der Waals surface area contributed by atoms with Gasteiger partial charge in [0.05, 0.1) is 18.1 Å². The topological polar surface area (TPSA) is 67.9 Å². The van der Waals surface area contributed by atoms with Crippen molar-refractivity contribution in [3.63, 3.8) is 0 Å². The Morgan fingerprint density at radius 1 is 1.24 bits per heavy atom. The Bertz CT molecular complexity index is 569. The van der Waals surface area contributed by atoms with Crippen molar-refractivity contribution in [1.82, 2.24) is 15.0 Å². The molecule has 0 unspecified atom stereocenters. The molecule has 1 aromatic carbocycles. The first-order valence-corrected chi connectivity index (χ1v) is 6.24. The van der Waals surface area contributed by atoms with Crippen LogP contribution in [0.4, 0.5) is 0 Å². The number of aromatic nitrogens is 3. The zero-order valence-electron chi connectivity index (χ0n) is 11.8. The lowest BCUT2D eigenvalue weighted by Crippen LogP contribution is -1.87. The summed E-state index contributed by atoms with van der Waals surface area (Å²) in [6.45, 7) is 4.48. The first-order chi connectivity index (χ1) is 10.2. The number of benzene rings is 1. The number of nitrogens with zero attached hydrogens (tertiary/aromatic N) is 2. The van der Waals surface area contributed by atoms with E-state index in [1.54, 1.807) is 18.7 Å². The van der Waals surface area contributed by atoms with Crippen LogP contribution in [0.25, 0.3) is 10.9 Å². The van der Waals surface area contributed by atoms with Crippen LogP contribution in [-0.2, 0) is 9.53 Å². The van der Waals surface area contributed by atoms with Crippen LogP contribution < -0.4 is 0 Å². The highest BCUT2D eigenvalue weighted by atomic mass is 16.5. The van der Waals surface area contributed by atoms with Crippen molar-refractivity contribution in [3.8, 4) is 0 Å². The molecule has 0 bridgehead atoms. The van der Waals surface area contributed by atoms with E-state index in [9.17, 15) is 4.79 Å². The van der Waals surface area contributed by atoms with E-state index in [0.717, 1.165) is 11.8 Å². The molecule has 2 aromatic heterocycles. The van der Waals surface area contributed by atoms with Crippen LogP contribution in [-0.4, -0.2) is 20.9 Å². The first kappa shape index (κ1) is 16.1. The normalized spacial score (nSPS) is 8.62. The van der Waals surface area contributed by atoms with Gasteiger partial charge in [0.2, 0.25) is 0 Å². The minimum atomic E-state index is -0.329. The fourth-order valence-electron chi connectivity index (χ4n) is 1.35. The van der Waals surface area contributed by atoms with Gasteiger partial charge in [0.15, 0.2) is 0 Å². The van der Waals surface area contributed by atoms with E-state index >= 15 is 0 Å². The lowest BCUT2D eigenvalue weighted by Gasteiger charge is -1.91. The number of rotatable bonds is 1. The Balaban J connectivity index is 0.000000173. The summed E-state index contributed by atoms with van der Waals surface area (Å²) in [6.07, 6.45) is 7.99. The van der Waals surface area contributed by atoms with Gasteiger partial charge >= 0.3 is 5.97 Å². The predicted molar refractivity (Wildman–Crippen MR) is 82.3 cm³/mol.